The van der Waals surface area contributed by atoms with Gasteiger partial charge in [0.15, 0.2) is 0 Å². The van der Waals surface area contributed by atoms with Crippen molar-refractivity contribution < 1.29 is 4.79 Å². The lowest BCUT2D eigenvalue weighted by atomic mass is 9.94. The summed E-state index contributed by atoms with van der Waals surface area (Å²) in [4.78, 5) is 14.8. The molecule has 3 rings (SSSR count). The van der Waals surface area contributed by atoms with Crippen LogP contribution in [0.1, 0.15) is 48.9 Å². The molecule has 1 heterocycles. The first-order valence-corrected chi connectivity index (χ1v) is 8.40. The number of amides is 1. The molecule has 1 aliphatic heterocycles. The molecular formula is C17H23ClN2O. The fraction of sp³-hybridized carbons (Fsp3) is 0.588. The molecule has 0 bridgehead atoms. The molecule has 1 N–H and O–H groups in total. The van der Waals surface area contributed by atoms with E-state index in [9.17, 15) is 4.79 Å². The third-order valence-electron chi connectivity index (χ3n) is 4.75. The Labute approximate surface area is 131 Å². The van der Waals surface area contributed by atoms with Crippen molar-refractivity contribution in [2.75, 3.05) is 13.1 Å². The Morgan fingerprint density at radius 3 is 2.52 bits per heavy atom. The van der Waals surface area contributed by atoms with Gasteiger partial charge in [0.1, 0.15) is 0 Å². The topological polar surface area (TPSA) is 32.3 Å². The molecule has 1 atom stereocenters. The van der Waals surface area contributed by atoms with E-state index in [-0.39, 0.29) is 11.9 Å². The monoisotopic (exact) mass is 306 g/mol. The Balaban J connectivity index is 1.52. The molecule has 1 aliphatic carbocycles. The van der Waals surface area contributed by atoms with Crippen LogP contribution in [0.2, 0.25) is 5.02 Å². The van der Waals surface area contributed by atoms with E-state index in [1.807, 2.05) is 0 Å². The first-order chi connectivity index (χ1) is 10.2. The molecule has 21 heavy (non-hydrogen) atoms. The summed E-state index contributed by atoms with van der Waals surface area (Å²) < 4.78 is 0. The number of rotatable bonds is 3. The van der Waals surface area contributed by atoms with Gasteiger partial charge in [-0.2, -0.15) is 0 Å². The van der Waals surface area contributed by atoms with Crippen molar-refractivity contribution in [1.29, 1.82) is 0 Å². The smallest absolute Gasteiger partial charge is 0.251 e. The van der Waals surface area contributed by atoms with E-state index >= 15 is 0 Å². The van der Waals surface area contributed by atoms with Crippen LogP contribution in [-0.4, -0.2) is 36.0 Å². The fourth-order valence-corrected chi connectivity index (χ4v) is 3.68. The highest BCUT2D eigenvalue weighted by Crippen LogP contribution is 2.25. The van der Waals surface area contributed by atoms with E-state index in [0.29, 0.717) is 10.6 Å². The number of benzene rings is 1. The molecule has 2 aliphatic rings. The lowest BCUT2D eigenvalue weighted by molar-refractivity contribution is 0.0934. The molecule has 2 fully saturated rings. The number of halogens is 1. The zero-order valence-electron chi connectivity index (χ0n) is 12.4. The second kappa shape index (κ2) is 6.80. The summed E-state index contributed by atoms with van der Waals surface area (Å²) in [6.45, 7) is 2.13. The zero-order chi connectivity index (χ0) is 14.7. The van der Waals surface area contributed by atoms with Crippen molar-refractivity contribution in [3.05, 3.63) is 34.9 Å². The third kappa shape index (κ3) is 3.78. The van der Waals surface area contributed by atoms with Crippen LogP contribution in [0.25, 0.3) is 0 Å². The minimum absolute atomic E-state index is 0.0159. The van der Waals surface area contributed by atoms with E-state index in [1.54, 1.807) is 24.3 Å². The molecule has 1 amide bonds. The number of likely N-dealkylation sites (tertiary alicyclic amines) is 1. The van der Waals surface area contributed by atoms with Crippen molar-refractivity contribution in [3.8, 4) is 0 Å². The molecule has 0 aromatic heterocycles. The third-order valence-corrected chi connectivity index (χ3v) is 5.00. The highest BCUT2D eigenvalue weighted by Gasteiger charge is 2.29. The maximum absolute atomic E-state index is 12.2. The molecule has 0 spiro atoms. The summed E-state index contributed by atoms with van der Waals surface area (Å²) >= 11 is 5.85. The largest absolute Gasteiger partial charge is 0.348 e. The summed E-state index contributed by atoms with van der Waals surface area (Å²) in [6.07, 6.45) is 7.85. The van der Waals surface area contributed by atoms with E-state index in [2.05, 4.69) is 10.2 Å². The Morgan fingerprint density at radius 2 is 1.81 bits per heavy atom. The van der Waals surface area contributed by atoms with Crippen LogP contribution in [0.4, 0.5) is 0 Å². The van der Waals surface area contributed by atoms with Crippen LogP contribution in [-0.2, 0) is 0 Å². The second-order valence-corrected chi connectivity index (χ2v) is 6.69. The average Bonchev–Trinajstić information content (AvgIpc) is 2.97. The van der Waals surface area contributed by atoms with Crippen LogP contribution in [0.5, 0.6) is 0 Å². The Hall–Kier alpha value is -1.06. The normalized spacial score (nSPS) is 24.1. The van der Waals surface area contributed by atoms with Crippen molar-refractivity contribution in [2.24, 2.45) is 0 Å². The average molecular weight is 307 g/mol. The van der Waals surface area contributed by atoms with E-state index in [1.165, 1.54) is 32.1 Å². The van der Waals surface area contributed by atoms with Gasteiger partial charge >= 0.3 is 0 Å². The molecule has 1 saturated heterocycles. The van der Waals surface area contributed by atoms with Crippen LogP contribution >= 0.6 is 11.6 Å². The first-order valence-electron chi connectivity index (χ1n) is 8.03. The number of carbonyl (C=O) groups excluding carboxylic acids is 1. The van der Waals surface area contributed by atoms with Gasteiger partial charge in [-0.3, -0.25) is 9.69 Å². The molecule has 0 radical (unpaired) electrons. The Morgan fingerprint density at radius 1 is 1.10 bits per heavy atom. The summed E-state index contributed by atoms with van der Waals surface area (Å²) in [6, 6.07) is 8.13. The number of hydrogen-bond donors (Lipinski definition) is 1. The summed E-state index contributed by atoms with van der Waals surface area (Å²) in [7, 11) is 0. The van der Waals surface area contributed by atoms with Crippen molar-refractivity contribution in [3.63, 3.8) is 0 Å². The molecule has 1 saturated carbocycles. The maximum atomic E-state index is 12.2. The van der Waals surface area contributed by atoms with E-state index in [0.717, 1.165) is 25.6 Å². The van der Waals surface area contributed by atoms with Crippen LogP contribution < -0.4 is 5.32 Å². The number of carbonyl (C=O) groups is 1. The summed E-state index contributed by atoms with van der Waals surface area (Å²) in [5.74, 6) is 0.0159. The minimum Gasteiger partial charge on any atom is -0.348 e. The highest BCUT2D eigenvalue weighted by molar-refractivity contribution is 6.30. The van der Waals surface area contributed by atoms with Gasteiger partial charge in [-0.15, -0.1) is 0 Å². The molecule has 114 valence electrons. The fourth-order valence-electron chi connectivity index (χ4n) is 3.55. The second-order valence-electron chi connectivity index (χ2n) is 6.25. The van der Waals surface area contributed by atoms with Gasteiger partial charge < -0.3 is 5.32 Å². The Bertz CT molecular complexity index is 482. The van der Waals surface area contributed by atoms with E-state index < -0.39 is 0 Å². The molecule has 1 unspecified atom stereocenters. The van der Waals surface area contributed by atoms with Crippen LogP contribution in [0.15, 0.2) is 24.3 Å². The van der Waals surface area contributed by atoms with E-state index in [4.69, 9.17) is 11.6 Å². The lowest BCUT2D eigenvalue weighted by Crippen LogP contribution is -2.40. The summed E-state index contributed by atoms with van der Waals surface area (Å²) in [5.41, 5.74) is 0.690. The van der Waals surface area contributed by atoms with Gasteiger partial charge in [0.05, 0.1) is 0 Å². The van der Waals surface area contributed by atoms with Gasteiger partial charge in [-0.05, 0) is 43.5 Å². The molecule has 3 nitrogen and oxygen atoms in total. The predicted octanol–water partition coefficient (Wildman–Crippen LogP) is 3.48. The van der Waals surface area contributed by atoms with Crippen molar-refractivity contribution in [1.82, 2.24) is 10.2 Å². The number of nitrogens with one attached hydrogen (secondary N) is 1. The number of hydrogen-bond acceptors (Lipinski definition) is 2. The first kappa shape index (κ1) is 14.9. The standard InChI is InChI=1S/C17H23ClN2O/c18-14-8-6-13(7-9-14)17(21)19-15-10-11-20(12-15)16-4-2-1-3-5-16/h6-9,15-16H,1-5,10-12H2,(H,19,21). The van der Waals surface area contributed by atoms with Crippen molar-refractivity contribution in [2.45, 2.75) is 50.6 Å². The van der Waals surface area contributed by atoms with Crippen LogP contribution in [0.3, 0.4) is 0 Å². The maximum Gasteiger partial charge on any atom is 0.251 e. The SMILES string of the molecule is O=C(NC1CCN(C2CCCCC2)C1)c1ccc(Cl)cc1. The van der Waals surface area contributed by atoms with Crippen LogP contribution in [0, 0.1) is 0 Å². The van der Waals surface area contributed by atoms with Gasteiger partial charge in [0, 0.05) is 35.8 Å². The van der Waals surface area contributed by atoms with Crippen molar-refractivity contribution >= 4 is 17.5 Å². The quantitative estimate of drug-likeness (QED) is 0.927. The predicted molar refractivity (Wildman–Crippen MR) is 85.8 cm³/mol. The zero-order valence-corrected chi connectivity index (χ0v) is 13.1. The molecular weight excluding hydrogens is 284 g/mol. The van der Waals surface area contributed by atoms with Gasteiger partial charge in [0.25, 0.3) is 5.91 Å². The molecule has 1 aromatic carbocycles. The highest BCUT2D eigenvalue weighted by atomic mass is 35.5. The minimum atomic E-state index is 0.0159. The summed E-state index contributed by atoms with van der Waals surface area (Å²) in [5, 5.41) is 3.82. The van der Waals surface area contributed by atoms with Gasteiger partial charge in [0.2, 0.25) is 0 Å². The molecule has 1 aromatic rings. The van der Waals surface area contributed by atoms with Gasteiger partial charge in [-0.1, -0.05) is 30.9 Å². The molecule has 4 heteroatoms. The lowest BCUT2D eigenvalue weighted by Gasteiger charge is -2.31. The Kier molecular flexibility index (Phi) is 4.81. The number of nitrogens with zero attached hydrogens (tertiary/aromatic N) is 1. The van der Waals surface area contributed by atoms with Gasteiger partial charge in [-0.25, -0.2) is 0 Å².